The Morgan fingerprint density at radius 1 is 1.27 bits per heavy atom. The number of hydrogen-bond acceptors (Lipinski definition) is 2. The summed E-state index contributed by atoms with van der Waals surface area (Å²) in [6, 6.07) is 14.3. The average molecular weight is 408 g/mol. The van der Waals surface area contributed by atoms with Crippen molar-refractivity contribution in [2.75, 3.05) is 18.0 Å². The minimum atomic E-state index is -0.866. The molecule has 3 aromatic rings. The second kappa shape index (κ2) is 5.56. The summed E-state index contributed by atoms with van der Waals surface area (Å²) in [6.07, 6.45) is 2.68. The third-order valence-electron chi connectivity index (χ3n) is 5.48. The molecule has 3 heterocycles. The van der Waals surface area contributed by atoms with E-state index in [2.05, 4.69) is 57.1 Å². The summed E-state index contributed by atoms with van der Waals surface area (Å²) in [5, 5.41) is 4.76. The number of carbonyl (C=O) groups excluding carboxylic acids is 1. The fourth-order valence-corrected chi connectivity index (χ4v) is 4.80. The number of amides is 1. The quantitative estimate of drug-likeness (QED) is 0.633. The largest absolute Gasteiger partial charge is 0.356 e. The van der Waals surface area contributed by atoms with Gasteiger partial charge < -0.3 is 9.88 Å². The van der Waals surface area contributed by atoms with Crippen molar-refractivity contribution in [2.45, 2.75) is 12.0 Å². The number of halogens is 1. The molecule has 2 N–H and O–H groups in total. The zero-order chi connectivity index (χ0) is 17.9. The highest BCUT2D eigenvalue weighted by molar-refractivity contribution is 9.10. The molecule has 0 unspecified atom stereocenters. The molecule has 5 heteroatoms. The number of aromatic amines is 1. The molecule has 1 spiro atoms. The molecule has 2 aromatic carbocycles. The molecule has 130 valence electrons. The van der Waals surface area contributed by atoms with Crippen LogP contribution in [0, 0.1) is 0 Å². The number of anilines is 1. The van der Waals surface area contributed by atoms with Crippen LogP contribution in [-0.4, -0.2) is 24.0 Å². The van der Waals surface area contributed by atoms with Crippen molar-refractivity contribution >= 4 is 38.4 Å². The van der Waals surface area contributed by atoms with Crippen molar-refractivity contribution < 1.29 is 4.79 Å². The van der Waals surface area contributed by atoms with Crippen molar-refractivity contribution in [2.24, 2.45) is 0 Å². The van der Waals surface area contributed by atoms with E-state index in [0.29, 0.717) is 6.54 Å². The van der Waals surface area contributed by atoms with Gasteiger partial charge in [0.1, 0.15) is 0 Å². The Labute approximate surface area is 160 Å². The lowest BCUT2D eigenvalue weighted by Crippen LogP contribution is -2.55. The lowest BCUT2D eigenvalue weighted by Gasteiger charge is -2.34. The lowest BCUT2D eigenvalue weighted by atomic mass is 9.82. The van der Waals surface area contributed by atoms with Gasteiger partial charge in [-0.05, 0) is 36.2 Å². The molecule has 0 saturated heterocycles. The molecule has 0 radical (unpaired) electrons. The number of H-pyrrole nitrogens is 1. The van der Waals surface area contributed by atoms with Crippen LogP contribution in [0.4, 0.5) is 5.69 Å². The monoisotopic (exact) mass is 407 g/mol. The maximum Gasteiger partial charge on any atom is 0.258 e. The van der Waals surface area contributed by atoms with E-state index in [9.17, 15) is 4.79 Å². The van der Waals surface area contributed by atoms with Crippen LogP contribution >= 0.6 is 15.9 Å². The van der Waals surface area contributed by atoms with Crippen LogP contribution in [0.2, 0.25) is 0 Å². The van der Waals surface area contributed by atoms with Gasteiger partial charge in [0, 0.05) is 34.0 Å². The van der Waals surface area contributed by atoms with E-state index in [4.69, 9.17) is 0 Å². The van der Waals surface area contributed by atoms with Gasteiger partial charge in [-0.3, -0.25) is 10.1 Å². The number of rotatable bonds is 2. The van der Waals surface area contributed by atoms with E-state index >= 15 is 0 Å². The fraction of sp³-hybridized carbons (Fsp3) is 0.190. The van der Waals surface area contributed by atoms with Crippen LogP contribution in [-0.2, 0) is 16.8 Å². The zero-order valence-electron chi connectivity index (χ0n) is 14.2. The molecule has 5 rings (SSSR count). The van der Waals surface area contributed by atoms with Crippen molar-refractivity contribution in [3.8, 4) is 0 Å². The number of nitrogens with one attached hydrogen (secondary N) is 2. The molecular formula is C21H18BrN3O. The normalized spacial score (nSPS) is 21.3. The average Bonchev–Trinajstić information content (AvgIpc) is 3.14. The Morgan fingerprint density at radius 3 is 2.96 bits per heavy atom. The Kier molecular flexibility index (Phi) is 3.39. The highest BCUT2D eigenvalue weighted by Crippen LogP contribution is 2.48. The van der Waals surface area contributed by atoms with Gasteiger partial charge in [0.2, 0.25) is 0 Å². The summed E-state index contributed by atoms with van der Waals surface area (Å²) in [6.45, 7) is 5.08. The topological polar surface area (TPSA) is 48.1 Å². The van der Waals surface area contributed by atoms with E-state index in [1.165, 1.54) is 10.9 Å². The molecule has 0 saturated carbocycles. The van der Waals surface area contributed by atoms with Crippen molar-refractivity contribution in [3.63, 3.8) is 0 Å². The molecule has 1 amide bonds. The molecule has 26 heavy (non-hydrogen) atoms. The second-order valence-electron chi connectivity index (χ2n) is 6.82. The molecule has 4 nitrogen and oxygen atoms in total. The summed E-state index contributed by atoms with van der Waals surface area (Å²) in [5.41, 5.74) is 4.35. The third kappa shape index (κ3) is 1.90. The molecule has 0 bridgehead atoms. The Balaban J connectivity index is 1.84. The van der Waals surface area contributed by atoms with Gasteiger partial charge in [-0.15, -0.1) is 6.58 Å². The number of nitrogens with zero attached hydrogens (tertiary/aromatic N) is 1. The SMILES string of the molecule is C=CCN1C(=O)[C@]2(NCCc3c2[nH]c2ccccc32)c2cc(Br)ccc21. The first-order valence-corrected chi connectivity index (χ1v) is 9.54. The van der Waals surface area contributed by atoms with Gasteiger partial charge in [-0.2, -0.15) is 0 Å². The molecule has 0 fully saturated rings. The summed E-state index contributed by atoms with van der Waals surface area (Å²) in [5.74, 6) is 0.0537. The molecule has 2 aliphatic heterocycles. The predicted molar refractivity (Wildman–Crippen MR) is 107 cm³/mol. The van der Waals surface area contributed by atoms with Gasteiger partial charge in [0.05, 0.1) is 11.4 Å². The Morgan fingerprint density at radius 2 is 2.12 bits per heavy atom. The van der Waals surface area contributed by atoms with Crippen LogP contribution in [0.5, 0.6) is 0 Å². The van der Waals surface area contributed by atoms with Gasteiger partial charge in [0.25, 0.3) is 5.91 Å². The summed E-state index contributed by atoms with van der Waals surface area (Å²) in [7, 11) is 0. The van der Waals surface area contributed by atoms with E-state index < -0.39 is 5.54 Å². The number of fused-ring (bicyclic) bond motifs is 6. The van der Waals surface area contributed by atoms with Gasteiger partial charge in [0.15, 0.2) is 5.54 Å². The molecule has 1 aromatic heterocycles. The fourth-order valence-electron chi connectivity index (χ4n) is 4.44. The molecule has 2 aliphatic rings. The lowest BCUT2D eigenvalue weighted by molar-refractivity contribution is -0.123. The molecule has 1 atom stereocenters. The number of aromatic nitrogens is 1. The minimum Gasteiger partial charge on any atom is -0.356 e. The van der Waals surface area contributed by atoms with E-state index in [1.807, 2.05) is 23.1 Å². The molecular weight excluding hydrogens is 390 g/mol. The highest BCUT2D eigenvalue weighted by atomic mass is 79.9. The van der Waals surface area contributed by atoms with Gasteiger partial charge in [-0.1, -0.05) is 40.2 Å². The second-order valence-corrected chi connectivity index (χ2v) is 7.73. The first kappa shape index (κ1) is 15.9. The van der Waals surface area contributed by atoms with Crippen LogP contribution in [0.25, 0.3) is 10.9 Å². The van der Waals surface area contributed by atoms with Gasteiger partial charge >= 0.3 is 0 Å². The number of para-hydroxylation sites is 1. The highest BCUT2D eigenvalue weighted by Gasteiger charge is 2.55. The first-order valence-electron chi connectivity index (χ1n) is 8.75. The van der Waals surface area contributed by atoms with Crippen LogP contribution in [0.1, 0.15) is 16.8 Å². The molecule has 0 aliphatic carbocycles. The van der Waals surface area contributed by atoms with Crippen LogP contribution < -0.4 is 10.2 Å². The summed E-state index contributed by atoms with van der Waals surface area (Å²) in [4.78, 5) is 19.0. The van der Waals surface area contributed by atoms with E-state index in [0.717, 1.165) is 39.9 Å². The van der Waals surface area contributed by atoms with E-state index in [1.54, 1.807) is 6.08 Å². The summed E-state index contributed by atoms with van der Waals surface area (Å²) < 4.78 is 0.967. The van der Waals surface area contributed by atoms with Crippen LogP contribution in [0.15, 0.2) is 59.6 Å². The zero-order valence-corrected chi connectivity index (χ0v) is 15.8. The van der Waals surface area contributed by atoms with Crippen molar-refractivity contribution in [1.29, 1.82) is 0 Å². The predicted octanol–water partition coefficient (Wildman–Crippen LogP) is 3.85. The maximum atomic E-state index is 13.7. The standard InChI is InChI=1S/C21H18BrN3O/c1-2-11-25-18-8-7-13(22)12-16(18)21(20(25)26)19-15(9-10-23-21)14-5-3-4-6-17(14)24-19/h2-8,12,23-24H,1,9-11H2/t21-/m0/s1. The van der Waals surface area contributed by atoms with E-state index in [-0.39, 0.29) is 5.91 Å². The van der Waals surface area contributed by atoms with Crippen molar-refractivity contribution in [1.82, 2.24) is 10.3 Å². The maximum absolute atomic E-state index is 13.7. The Bertz CT molecular complexity index is 1070. The summed E-state index contributed by atoms with van der Waals surface area (Å²) >= 11 is 3.58. The smallest absolute Gasteiger partial charge is 0.258 e. The number of carbonyl (C=O) groups is 1. The minimum absolute atomic E-state index is 0.0537. The van der Waals surface area contributed by atoms with Gasteiger partial charge in [-0.25, -0.2) is 0 Å². The first-order chi connectivity index (χ1) is 12.7. The Hall–Kier alpha value is -2.37. The number of hydrogen-bond donors (Lipinski definition) is 2. The third-order valence-corrected chi connectivity index (χ3v) is 5.98. The van der Waals surface area contributed by atoms with Crippen LogP contribution in [0.3, 0.4) is 0 Å². The number of benzene rings is 2. The van der Waals surface area contributed by atoms with Crippen molar-refractivity contribution in [3.05, 3.63) is 76.4 Å².